The van der Waals surface area contributed by atoms with Gasteiger partial charge < -0.3 is 10.1 Å². The molecule has 1 saturated heterocycles. The van der Waals surface area contributed by atoms with Gasteiger partial charge in [0.2, 0.25) is 0 Å². The lowest BCUT2D eigenvalue weighted by Gasteiger charge is -2.39. The van der Waals surface area contributed by atoms with E-state index >= 15 is 0 Å². The SMILES string of the molecule is CCOC(=O)C1CCN(Cc2ccccc2)C(NC(=O)c2ccc(C)cc2)C1. The highest BCUT2D eigenvalue weighted by atomic mass is 16.5. The molecular formula is C23H28N2O3. The zero-order valence-electron chi connectivity index (χ0n) is 16.6. The molecule has 2 aromatic rings. The Balaban J connectivity index is 1.74. The Morgan fingerprint density at radius 1 is 1.11 bits per heavy atom. The van der Waals surface area contributed by atoms with Gasteiger partial charge in [-0.2, -0.15) is 0 Å². The number of rotatable bonds is 6. The number of nitrogens with one attached hydrogen (secondary N) is 1. The van der Waals surface area contributed by atoms with Gasteiger partial charge in [0, 0.05) is 18.7 Å². The summed E-state index contributed by atoms with van der Waals surface area (Å²) in [5.41, 5.74) is 2.93. The second kappa shape index (κ2) is 9.51. The molecule has 1 heterocycles. The van der Waals surface area contributed by atoms with E-state index in [-0.39, 0.29) is 24.0 Å². The van der Waals surface area contributed by atoms with Crippen molar-refractivity contribution in [1.82, 2.24) is 10.2 Å². The van der Waals surface area contributed by atoms with Crippen molar-refractivity contribution in [2.75, 3.05) is 13.2 Å². The molecule has 1 aliphatic rings. The van der Waals surface area contributed by atoms with E-state index in [1.807, 2.05) is 56.3 Å². The van der Waals surface area contributed by atoms with Gasteiger partial charge in [-0.25, -0.2) is 0 Å². The minimum absolute atomic E-state index is 0.118. The topological polar surface area (TPSA) is 58.6 Å². The van der Waals surface area contributed by atoms with Gasteiger partial charge in [-0.05, 0) is 44.4 Å². The van der Waals surface area contributed by atoms with E-state index in [9.17, 15) is 9.59 Å². The molecule has 0 saturated carbocycles. The molecule has 0 aromatic heterocycles. The van der Waals surface area contributed by atoms with Crippen LogP contribution < -0.4 is 5.32 Å². The zero-order chi connectivity index (χ0) is 19.9. The van der Waals surface area contributed by atoms with Crippen LogP contribution in [0.15, 0.2) is 54.6 Å². The van der Waals surface area contributed by atoms with Crippen LogP contribution in [0.5, 0.6) is 0 Å². The summed E-state index contributed by atoms with van der Waals surface area (Å²) in [6, 6.07) is 17.7. The maximum Gasteiger partial charge on any atom is 0.309 e. The standard InChI is InChI=1S/C23H28N2O3/c1-3-28-23(27)20-13-14-25(16-18-7-5-4-6-8-18)21(15-20)24-22(26)19-11-9-17(2)10-12-19/h4-12,20-21H,3,13-16H2,1-2H3,(H,24,26). The third kappa shape index (κ3) is 5.20. The largest absolute Gasteiger partial charge is 0.466 e. The van der Waals surface area contributed by atoms with E-state index in [1.54, 1.807) is 0 Å². The molecule has 1 fully saturated rings. The first-order chi connectivity index (χ1) is 13.6. The van der Waals surface area contributed by atoms with Crippen molar-refractivity contribution >= 4 is 11.9 Å². The average molecular weight is 380 g/mol. The van der Waals surface area contributed by atoms with Gasteiger partial charge in [0.1, 0.15) is 0 Å². The van der Waals surface area contributed by atoms with Gasteiger partial charge in [-0.15, -0.1) is 0 Å². The molecule has 1 N–H and O–H groups in total. The molecule has 148 valence electrons. The molecule has 1 aliphatic heterocycles. The Hall–Kier alpha value is -2.66. The molecule has 0 spiro atoms. The third-order valence-corrected chi connectivity index (χ3v) is 5.17. The van der Waals surface area contributed by atoms with Gasteiger partial charge >= 0.3 is 5.97 Å². The van der Waals surface area contributed by atoms with E-state index < -0.39 is 0 Å². The minimum atomic E-state index is -0.211. The summed E-state index contributed by atoms with van der Waals surface area (Å²) in [5, 5.41) is 3.13. The third-order valence-electron chi connectivity index (χ3n) is 5.17. The number of hydrogen-bond acceptors (Lipinski definition) is 4. The molecule has 2 aromatic carbocycles. The van der Waals surface area contributed by atoms with Gasteiger partial charge in [0.25, 0.3) is 5.91 Å². The van der Waals surface area contributed by atoms with Crippen LogP contribution in [0.25, 0.3) is 0 Å². The van der Waals surface area contributed by atoms with E-state index in [2.05, 4.69) is 22.3 Å². The van der Waals surface area contributed by atoms with Crippen LogP contribution in [0, 0.1) is 12.8 Å². The van der Waals surface area contributed by atoms with E-state index in [0.717, 1.165) is 25.1 Å². The Morgan fingerprint density at radius 3 is 2.50 bits per heavy atom. The number of benzene rings is 2. The van der Waals surface area contributed by atoms with Crippen molar-refractivity contribution in [3.63, 3.8) is 0 Å². The molecule has 28 heavy (non-hydrogen) atoms. The Morgan fingerprint density at radius 2 is 1.82 bits per heavy atom. The fourth-order valence-electron chi connectivity index (χ4n) is 3.59. The molecule has 0 bridgehead atoms. The quantitative estimate of drug-likeness (QED) is 0.779. The van der Waals surface area contributed by atoms with Crippen LogP contribution in [0.2, 0.25) is 0 Å². The smallest absolute Gasteiger partial charge is 0.309 e. The first kappa shape index (κ1) is 20.1. The maximum absolute atomic E-state index is 12.8. The number of ether oxygens (including phenoxy) is 1. The number of piperidine rings is 1. The van der Waals surface area contributed by atoms with Gasteiger partial charge in [0.15, 0.2) is 0 Å². The number of esters is 1. The molecule has 3 rings (SSSR count). The fraction of sp³-hybridized carbons (Fsp3) is 0.391. The van der Waals surface area contributed by atoms with Crippen molar-refractivity contribution in [3.8, 4) is 0 Å². The van der Waals surface area contributed by atoms with Crippen LogP contribution in [-0.2, 0) is 16.1 Å². The average Bonchev–Trinajstić information content (AvgIpc) is 2.70. The highest BCUT2D eigenvalue weighted by Crippen LogP contribution is 2.25. The molecule has 0 radical (unpaired) electrons. The number of likely N-dealkylation sites (tertiary alicyclic amines) is 1. The predicted octanol–water partition coefficient (Wildman–Crippen LogP) is 3.53. The van der Waals surface area contributed by atoms with Gasteiger partial charge in [-0.1, -0.05) is 48.0 Å². The highest BCUT2D eigenvalue weighted by molar-refractivity contribution is 5.94. The van der Waals surface area contributed by atoms with Crippen LogP contribution in [0.3, 0.4) is 0 Å². The summed E-state index contributed by atoms with van der Waals surface area (Å²) < 4.78 is 5.22. The Kier molecular flexibility index (Phi) is 6.82. The zero-order valence-corrected chi connectivity index (χ0v) is 16.6. The summed E-state index contributed by atoms with van der Waals surface area (Å²) in [6.45, 7) is 5.66. The van der Waals surface area contributed by atoms with Gasteiger partial charge in [0.05, 0.1) is 18.7 Å². The molecule has 5 heteroatoms. The monoisotopic (exact) mass is 380 g/mol. The molecule has 0 aliphatic carbocycles. The number of aryl methyl sites for hydroxylation is 1. The fourth-order valence-corrected chi connectivity index (χ4v) is 3.59. The van der Waals surface area contributed by atoms with Crippen molar-refractivity contribution < 1.29 is 14.3 Å². The van der Waals surface area contributed by atoms with Crippen LogP contribution >= 0.6 is 0 Å². The summed E-state index contributed by atoms with van der Waals surface area (Å²) in [7, 11) is 0. The maximum atomic E-state index is 12.8. The normalized spacial score (nSPS) is 19.8. The van der Waals surface area contributed by atoms with Crippen LogP contribution in [0.4, 0.5) is 0 Å². The molecule has 2 unspecified atom stereocenters. The van der Waals surface area contributed by atoms with Gasteiger partial charge in [-0.3, -0.25) is 14.5 Å². The predicted molar refractivity (Wildman–Crippen MR) is 109 cm³/mol. The molecule has 2 atom stereocenters. The number of nitrogens with zero attached hydrogens (tertiary/aromatic N) is 1. The second-order valence-corrected chi connectivity index (χ2v) is 7.28. The first-order valence-corrected chi connectivity index (χ1v) is 9.89. The number of amides is 1. The summed E-state index contributed by atoms with van der Waals surface area (Å²) in [6.07, 6.45) is 1.09. The Bertz CT molecular complexity index is 789. The minimum Gasteiger partial charge on any atom is -0.466 e. The lowest BCUT2D eigenvalue weighted by atomic mass is 9.93. The van der Waals surface area contributed by atoms with Crippen molar-refractivity contribution in [2.24, 2.45) is 5.92 Å². The van der Waals surface area contributed by atoms with E-state index in [4.69, 9.17) is 4.74 Å². The molecule has 1 amide bonds. The summed E-state index contributed by atoms with van der Waals surface area (Å²) >= 11 is 0. The Labute approximate surface area is 166 Å². The lowest BCUT2D eigenvalue weighted by Crippen LogP contribution is -2.53. The lowest BCUT2D eigenvalue weighted by molar-refractivity contribution is -0.150. The molecular weight excluding hydrogens is 352 g/mol. The second-order valence-electron chi connectivity index (χ2n) is 7.28. The first-order valence-electron chi connectivity index (χ1n) is 9.89. The highest BCUT2D eigenvalue weighted by Gasteiger charge is 2.34. The van der Waals surface area contributed by atoms with Crippen molar-refractivity contribution in [3.05, 3.63) is 71.3 Å². The number of carbonyl (C=O) groups is 2. The van der Waals surface area contributed by atoms with Crippen LogP contribution in [-0.4, -0.2) is 36.1 Å². The molecule has 5 nitrogen and oxygen atoms in total. The van der Waals surface area contributed by atoms with E-state index in [1.165, 1.54) is 5.56 Å². The number of hydrogen-bond donors (Lipinski definition) is 1. The number of carbonyl (C=O) groups excluding carboxylic acids is 2. The van der Waals surface area contributed by atoms with Crippen molar-refractivity contribution in [1.29, 1.82) is 0 Å². The summed E-state index contributed by atoms with van der Waals surface area (Å²) in [4.78, 5) is 27.3. The van der Waals surface area contributed by atoms with Crippen molar-refractivity contribution in [2.45, 2.75) is 39.4 Å². The van der Waals surface area contributed by atoms with E-state index in [0.29, 0.717) is 18.6 Å². The van der Waals surface area contributed by atoms with Crippen LogP contribution in [0.1, 0.15) is 41.3 Å². The summed E-state index contributed by atoms with van der Waals surface area (Å²) in [5.74, 6) is -0.473.